The number of aryl methyl sites for hydroxylation is 1. The minimum atomic E-state index is -3.52. The van der Waals surface area contributed by atoms with Crippen LogP contribution in [0.25, 0.3) is 0 Å². The van der Waals surface area contributed by atoms with E-state index in [2.05, 4.69) is 5.32 Å². The van der Waals surface area contributed by atoms with Gasteiger partial charge in [0.15, 0.2) is 6.10 Å². The first-order chi connectivity index (χ1) is 12.7. The van der Waals surface area contributed by atoms with Gasteiger partial charge < -0.3 is 10.1 Å². The van der Waals surface area contributed by atoms with E-state index in [0.29, 0.717) is 23.0 Å². The maximum Gasteiger partial charge on any atom is 0.261 e. The highest BCUT2D eigenvalue weighted by Crippen LogP contribution is 2.36. The summed E-state index contributed by atoms with van der Waals surface area (Å²) >= 11 is 6.02. The minimum absolute atomic E-state index is 0.134. The number of fused-ring (bicyclic) bond motifs is 1. The lowest BCUT2D eigenvalue weighted by molar-refractivity contribution is -0.128. The minimum Gasteiger partial charge on any atom is -0.478 e. The highest BCUT2D eigenvalue weighted by Gasteiger charge is 2.31. The molecule has 0 radical (unpaired) electrons. The zero-order valence-corrected chi connectivity index (χ0v) is 16.7. The maximum atomic E-state index is 12.6. The summed E-state index contributed by atoms with van der Waals surface area (Å²) in [6, 6.07) is 12.6. The van der Waals surface area contributed by atoms with Crippen molar-refractivity contribution in [2.75, 3.05) is 17.1 Å². The zero-order chi connectivity index (χ0) is 19.6. The number of rotatable bonds is 4. The molecule has 1 aliphatic rings. The lowest BCUT2D eigenvalue weighted by atomic mass is 10.1. The standard InChI is InChI=1S/C19H21ClN2O4S/c1-13-3-5-14(6-4-13)12-21-19(23)18-9-10-22(27(2,24)25)16-11-15(20)7-8-17(16)26-18/h3-8,11,18H,9-10,12H2,1-2H3,(H,21,23)/t18-/m1/s1. The second-order valence-corrected chi connectivity index (χ2v) is 8.89. The first-order valence-electron chi connectivity index (χ1n) is 8.51. The molecule has 0 aliphatic carbocycles. The van der Waals surface area contributed by atoms with Crippen molar-refractivity contribution >= 4 is 33.2 Å². The number of carbonyl (C=O) groups is 1. The Balaban J connectivity index is 1.77. The third-order valence-corrected chi connectivity index (χ3v) is 5.75. The molecule has 2 aromatic carbocycles. The molecule has 0 saturated heterocycles. The van der Waals surface area contributed by atoms with Crippen molar-refractivity contribution in [1.29, 1.82) is 0 Å². The number of hydrogen-bond acceptors (Lipinski definition) is 4. The number of amides is 1. The topological polar surface area (TPSA) is 75.7 Å². The molecule has 0 spiro atoms. The molecule has 8 heteroatoms. The third kappa shape index (κ3) is 4.73. The fourth-order valence-electron chi connectivity index (χ4n) is 2.89. The summed E-state index contributed by atoms with van der Waals surface area (Å²) in [6.07, 6.45) is 0.566. The summed E-state index contributed by atoms with van der Waals surface area (Å²) in [6.45, 7) is 2.51. The zero-order valence-electron chi connectivity index (χ0n) is 15.1. The van der Waals surface area contributed by atoms with Crippen molar-refractivity contribution in [2.45, 2.75) is 26.0 Å². The Hall–Kier alpha value is -2.25. The van der Waals surface area contributed by atoms with E-state index in [1.165, 1.54) is 10.4 Å². The molecule has 1 amide bonds. The number of halogens is 1. The summed E-state index contributed by atoms with van der Waals surface area (Å²) in [5.41, 5.74) is 2.47. The van der Waals surface area contributed by atoms with Gasteiger partial charge in [-0.2, -0.15) is 0 Å². The number of benzene rings is 2. The molecule has 0 aromatic heterocycles. The monoisotopic (exact) mass is 408 g/mol. The molecule has 1 heterocycles. The summed E-state index contributed by atoms with van der Waals surface area (Å²) in [4.78, 5) is 12.6. The summed E-state index contributed by atoms with van der Waals surface area (Å²) in [5, 5.41) is 3.25. The largest absolute Gasteiger partial charge is 0.478 e. The van der Waals surface area contributed by atoms with E-state index in [1.54, 1.807) is 12.1 Å². The number of nitrogens with one attached hydrogen (secondary N) is 1. The van der Waals surface area contributed by atoms with Crippen LogP contribution in [0.1, 0.15) is 17.5 Å². The van der Waals surface area contributed by atoms with Gasteiger partial charge in [-0.3, -0.25) is 9.10 Å². The van der Waals surface area contributed by atoms with Crippen LogP contribution >= 0.6 is 11.6 Å². The molecule has 2 aromatic rings. The fraction of sp³-hybridized carbons (Fsp3) is 0.316. The van der Waals surface area contributed by atoms with Gasteiger partial charge in [-0.1, -0.05) is 41.4 Å². The molecule has 1 atom stereocenters. The quantitative estimate of drug-likeness (QED) is 0.844. The summed E-state index contributed by atoms with van der Waals surface area (Å²) in [5.74, 6) is 0.0321. The number of hydrogen-bond donors (Lipinski definition) is 1. The first kappa shape index (κ1) is 19.5. The number of ether oxygens (including phenoxy) is 1. The van der Waals surface area contributed by atoms with Crippen molar-refractivity contribution in [1.82, 2.24) is 5.32 Å². The van der Waals surface area contributed by atoms with Gasteiger partial charge in [0.05, 0.1) is 11.9 Å². The van der Waals surface area contributed by atoms with E-state index in [1.807, 2.05) is 31.2 Å². The van der Waals surface area contributed by atoms with Gasteiger partial charge in [0.1, 0.15) is 5.75 Å². The second-order valence-electron chi connectivity index (χ2n) is 6.55. The van der Waals surface area contributed by atoms with E-state index in [4.69, 9.17) is 16.3 Å². The predicted octanol–water partition coefficient (Wildman–Crippen LogP) is 2.88. The Morgan fingerprint density at radius 1 is 1.26 bits per heavy atom. The molecular weight excluding hydrogens is 388 g/mol. The van der Waals surface area contributed by atoms with Crippen molar-refractivity contribution in [3.05, 3.63) is 58.6 Å². The lowest BCUT2D eigenvalue weighted by Crippen LogP contribution is -2.39. The molecular formula is C19H21ClN2O4S. The smallest absolute Gasteiger partial charge is 0.261 e. The van der Waals surface area contributed by atoms with Gasteiger partial charge in [0, 0.05) is 24.5 Å². The van der Waals surface area contributed by atoms with Gasteiger partial charge in [-0.25, -0.2) is 8.42 Å². The van der Waals surface area contributed by atoms with Crippen LogP contribution in [0.15, 0.2) is 42.5 Å². The van der Waals surface area contributed by atoms with E-state index in [-0.39, 0.29) is 18.9 Å². The van der Waals surface area contributed by atoms with Crippen molar-refractivity contribution in [3.8, 4) is 5.75 Å². The Morgan fingerprint density at radius 3 is 2.63 bits per heavy atom. The Labute approximate surface area is 164 Å². The average Bonchev–Trinajstić information content (AvgIpc) is 2.80. The van der Waals surface area contributed by atoms with Crippen molar-refractivity contribution < 1.29 is 17.9 Å². The number of carbonyl (C=O) groups excluding carboxylic acids is 1. The molecule has 27 heavy (non-hydrogen) atoms. The molecule has 1 N–H and O–H groups in total. The van der Waals surface area contributed by atoms with Crippen LogP contribution in [0.5, 0.6) is 5.75 Å². The van der Waals surface area contributed by atoms with Gasteiger partial charge in [0.2, 0.25) is 10.0 Å². The highest BCUT2D eigenvalue weighted by atomic mass is 35.5. The normalized spacial score (nSPS) is 16.9. The molecule has 0 fully saturated rings. The van der Waals surface area contributed by atoms with Crippen molar-refractivity contribution in [2.24, 2.45) is 0 Å². The number of nitrogens with zero attached hydrogens (tertiary/aromatic N) is 1. The first-order valence-corrected chi connectivity index (χ1v) is 10.7. The van der Waals surface area contributed by atoms with Crippen LogP contribution in [0.2, 0.25) is 5.02 Å². The van der Waals surface area contributed by atoms with Crippen molar-refractivity contribution in [3.63, 3.8) is 0 Å². The van der Waals surface area contributed by atoms with Crippen LogP contribution in [-0.2, 0) is 21.4 Å². The molecule has 1 aliphatic heterocycles. The Bertz CT molecular complexity index is 945. The third-order valence-electron chi connectivity index (χ3n) is 4.33. The molecule has 6 nitrogen and oxygen atoms in total. The highest BCUT2D eigenvalue weighted by molar-refractivity contribution is 7.92. The van der Waals surface area contributed by atoms with Crippen LogP contribution < -0.4 is 14.4 Å². The van der Waals surface area contributed by atoms with Crippen LogP contribution in [-0.4, -0.2) is 33.2 Å². The predicted molar refractivity (Wildman–Crippen MR) is 106 cm³/mol. The van der Waals surface area contributed by atoms with E-state index in [0.717, 1.165) is 17.4 Å². The summed E-state index contributed by atoms with van der Waals surface area (Å²) < 4.78 is 31.4. The van der Waals surface area contributed by atoms with Gasteiger partial charge in [0.25, 0.3) is 5.91 Å². The summed E-state index contributed by atoms with van der Waals surface area (Å²) in [7, 11) is -3.52. The molecule has 0 saturated carbocycles. The Morgan fingerprint density at radius 2 is 1.96 bits per heavy atom. The SMILES string of the molecule is Cc1ccc(CNC(=O)[C@H]2CCN(S(C)(=O)=O)c3cc(Cl)ccc3O2)cc1. The number of sulfonamides is 1. The number of anilines is 1. The Kier molecular flexibility index (Phi) is 5.62. The molecule has 3 rings (SSSR count). The maximum absolute atomic E-state index is 12.6. The van der Waals surface area contributed by atoms with Crippen LogP contribution in [0.4, 0.5) is 5.69 Å². The molecule has 0 bridgehead atoms. The van der Waals surface area contributed by atoms with E-state index in [9.17, 15) is 13.2 Å². The van der Waals surface area contributed by atoms with Gasteiger partial charge >= 0.3 is 0 Å². The van der Waals surface area contributed by atoms with Gasteiger partial charge in [-0.15, -0.1) is 0 Å². The van der Waals surface area contributed by atoms with Crippen LogP contribution in [0, 0.1) is 6.92 Å². The van der Waals surface area contributed by atoms with Gasteiger partial charge in [-0.05, 0) is 30.7 Å². The molecule has 0 unspecified atom stereocenters. The van der Waals surface area contributed by atoms with E-state index < -0.39 is 16.1 Å². The average molecular weight is 409 g/mol. The van der Waals surface area contributed by atoms with Crippen LogP contribution in [0.3, 0.4) is 0 Å². The fourth-order valence-corrected chi connectivity index (χ4v) is 3.99. The van der Waals surface area contributed by atoms with E-state index >= 15 is 0 Å². The molecule has 144 valence electrons. The second kappa shape index (κ2) is 7.78. The lowest BCUT2D eigenvalue weighted by Gasteiger charge is -2.21.